The van der Waals surface area contributed by atoms with Crippen LogP contribution in [0.5, 0.6) is 0 Å². The quantitative estimate of drug-likeness (QED) is 0.774. The highest BCUT2D eigenvalue weighted by Gasteiger charge is 2.18. The molecule has 5 heteroatoms. The van der Waals surface area contributed by atoms with Crippen molar-refractivity contribution in [2.24, 2.45) is 0 Å². The van der Waals surface area contributed by atoms with E-state index in [2.05, 4.69) is 10.2 Å². The predicted octanol–water partition coefficient (Wildman–Crippen LogP) is 0.574. The van der Waals surface area contributed by atoms with Crippen LogP contribution in [0, 0.1) is 13.8 Å². The van der Waals surface area contributed by atoms with E-state index in [4.69, 9.17) is 0 Å². The highest BCUT2D eigenvalue weighted by atomic mass is 16.3. The van der Waals surface area contributed by atoms with E-state index in [9.17, 15) is 9.90 Å². The number of aliphatic hydroxyl groups excluding tert-OH is 1. The lowest BCUT2D eigenvalue weighted by Crippen LogP contribution is -2.46. The molecule has 1 fully saturated rings. The van der Waals surface area contributed by atoms with Crippen molar-refractivity contribution in [3.05, 3.63) is 23.0 Å². The zero-order valence-electron chi connectivity index (χ0n) is 12.6. The summed E-state index contributed by atoms with van der Waals surface area (Å²) in [5.74, 6) is 0.0929. The van der Waals surface area contributed by atoms with E-state index in [1.54, 1.807) is 6.92 Å². The minimum atomic E-state index is -0.404. The molecule has 0 bridgehead atoms. The number of aromatic nitrogens is 1. The van der Waals surface area contributed by atoms with Crippen LogP contribution in [-0.2, 0) is 6.54 Å². The Kier molecular flexibility index (Phi) is 4.96. The number of Topliss-reactive ketones (excluding diaryl/α,β-unsaturated/α-hetero) is 1. The number of ketones is 1. The smallest absolute Gasteiger partial charge is 0.161 e. The first-order valence-corrected chi connectivity index (χ1v) is 7.27. The average molecular weight is 279 g/mol. The summed E-state index contributed by atoms with van der Waals surface area (Å²) in [7, 11) is 0. The Hall–Kier alpha value is -1.17. The van der Waals surface area contributed by atoms with Gasteiger partial charge in [-0.15, -0.1) is 0 Å². The topological polar surface area (TPSA) is 57.5 Å². The second kappa shape index (κ2) is 6.52. The van der Waals surface area contributed by atoms with E-state index >= 15 is 0 Å². The standard InChI is InChI=1S/C15H25N3O2/c1-11-8-18(12(2)15(11)13(3)19)10-14(20)9-17-6-4-16-5-7-17/h8,14,16,20H,4-7,9-10H2,1-3H3. The van der Waals surface area contributed by atoms with Crippen molar-refractivity contribution < 1.29 is 9.90 Å². The zero-order chi connectivity index (χ0) is 14.7. The lowest BCUT2D eigenvalue weighted by Gasteiger charge is -2.29. The Balaban J connectivity index is 1.98. The van der Waals surface area contributed by atoms with Gasteiger partial charge in [0, 0.05) is 56.7 Å². The number of nitrogens with zero attached hydrogens (tertiary/aromatic N) is 2. The molecule has 2 rings (SSSR count). The molecule has 1 aliphatic heterocycles. The molecule has 2 heterocycles. The van der Waals surface area contributed by atoms with Crippen molar-refractivity contribution in [1.82, 2.24) is 14.8 Å². The molecule has 2 N–H and O–H groups in total. The zero-order valence-corrected chi connectivity index (χ0v) is 12.6. The van der Waals surface area contributed by atoms with E-state index in [0.29, 0.717) is 13.1 Å². The third-order valence-electron chi connectivity index (χ3n) is 3.97. The fourth-order valence-corrected chi connectivity index (χ4v) is 3.02. The lowest BCUT2D eigenvalue weighted by atomic mass is 10.1. The summed E-state index contributed by atoms with van der Waals surface area (Å²) in [4.78, 5) is 13.9. The van der Waals surface area contributed by atoms with Crippen LogP contribution < -0.4 is 5.32 Å². The summed E-state index contributed by atoms with van der Waals surface area (Å²) in [6.45, 7) is 10.7. The highest BCUT2D eigenvalue weighted by molar-refractivity contribution is 5.96. The molecule has 0 spiro atoms. The number of hydrogen-bond donors (Lipinski definition) is 2. The van der Waals surface area contributed by atoms with Gasteiger partial charge in [-0.05, 0) is 26.3 Å². The third-order valence-corrected chi connectivity index (χ3v) is 3.97. The summed E-state index contributed by atoms with van der Waals surface area (Å²) in [5, 5.41) is 13.6. The first-order valence-electron chi connectivity index (χ1n) is 7.27. The van der Waals surface area contributed by atoms with Crippen molar-refractivity contribution in [3.63, 3.8) is 0 Å². The van der Waals surface area contributed by atoms with Crippen LogP contribution in [0.4, 0.5) is 0 Å². The molecular weight excluding hydrogens is 254 g/mol. The van der Waals surface area contributed by atoms with E-state index in [0.717, 1.165) is 43.0 Å². The van der Waals surface area contributed by atoms with Gasteiger partial charge in [-0.2, -0.15) is 0 Å². The highest BCUT2D eigenvalue weighted by Crippen LogP contribution is 2.17. The lowest BCUT2D eigenvalue weighted by molar-refractivity contribution is 0.0911. The molecule has 1 aromatic heterocycles. The van der Waals surface area contributed by atoms with Crippen molar-refractivity contribution in [2.75, 3.05) is 32.7 Å². The fourth-order valence-electron chi connectivity index (χ4n) is 3.02. The van der Waals surface area contributed by atoms with Crippen LogP contribution in [0.25, 0.3) is 0 Å². The Morgan fingerprint density at radius 3 is 2.55 bits per heavy atom. The number of aliphatic hydroxyl groups is 1. The predicted molar refractivity (Wildman–Crippen MR) is 79.2 cm³/mol. The number of carbonyl (C=O) groups excluding carboxylic acids is 1. The Labute approximate surface area is 120 Å². The monoisotopic (exact) mass is 279 g/mol. The maximum Gasteiger partial charge on any atom is 0.161 e. The number of rotatable bonds is 5. The molecule has 1 aromatic rings. The molecule has 0 aromatic carbocycles. The molecular formula is C15H25N3O2. The van der Waals surface area contributed by atoms with Crippen LogP contribution >= 0.6 is 0 Å². The van der Waals surface area contributed by atoms with Crippen molar-refractivity contribution in [3.8, 4) is 0 Å². The van der Waals surface area contributed by atoms with E-state index in [1.165, 1.54) is 0 Å². The largest absolute Gasteiger partial charge is 0.390 e. The Morgan fingerprint density at radius 1 is 1.35 bits per heavy atom. The van der Waals surface area contributed by atoms with Crippen molar-refractivity contribution in [2.45, 2.75) is 33.4 Å². The molecule has 1 aliphatic rings. The summed E-state index contributed by atoms with van der Waals surface area (Å²) in [6, 6.07) is 0. The summed E-state index contributed by atoms with van der Waals surface area (Å²) < 4.78 is 2.00. The first-order chi connectivity index (χ1) is 9.49. The normalized spacial score (nSPS) is 18.2. The van der Waals surface area contributed by atoms with Gasteiger partial charge in [0.15, 0.2) is 5.78 Å². The Bertz CT molecular complexity index is 476. The number of piperazine rings is 1. The second-order valence-corrected chi connectivity index (χ2v) is 5.69. The van der Waals surface area contributed by atoms with Crippen LogP contribution in [-0.4, -0.2) is 59.2 Å². The van der Waals surface area contributed by atoms with Gasteiger partial charge >= 0.3 is 0 Å². The molecule has 20 heavy (non-hydrogen) atoms. The molecule has 0 saturated carbocycles. The van der Waals surface area contributed by atoms with E-state index in [1.807, 2.05) is 24.6 Å². The Morgan fingerprint density at radius 2 is 2.00 bits per heavy atom. The molecule has 5 nitrogen and oxygen atoms in total. The molecule has 1 atom stereocenters. The van der Waals surface area contributed by atoms with Crippen LogP contribution in [0.2, 0.25) is 0 Å². The summed E-state index contributed by atoms with van der Waals surface area (Å²) in [6.07, 6.45) is 1.56. The minimum Gasteiger partial charge on any atom is -0.390 e. The fraction of sp³-hybridized carbons (Fsp3) is 0.667. The van der Waals surface area contributed by atoms with Crippen LogP contribution in [0.1, 0.15) is 28.5 Å². The van der Waals surface area contributed by atoms with Gasteiger partial charge < -0.3 is 15.0 Å². The van der Waals surface area contributed by atoms with Crippen molar-refractivity contribution in [1.29, 1.82) is 0 Å². The van der Waals surface area contributed by atoms with Crippen molar-refractivity contribution >= 4 is 5.78 Å². The maximum absolute atomic E-state index is 11.6. The molecule has 0 aliphatic carbocycles. The van der Waals surface area contributed by atoms with E-state index in [-0.39, 0.29) is 5.78 Å². The number of aryl methyl sites for hydroxylation is 1. The number of nitrogens with one attached hydrogen (secondary N) is 1. The van der Waals surface area contributed by atoms with Crippen LogP contribution in [0.15, 0.2) is 6.20 Å². The van der Waals surface area contributed by atoms with Gasteiger partial charge in [-0.3, -0.25) is 9.69 Å². The third kappa shape index (κ3) is 3.48. The molecule has 1 saturated heterocycles. The maximum atomic E-state index is 11.6. The molecule has 0 radical (unpaired) electrons. The van der Waals surface area contributed by atoms with Crippen LogP contribution in [0.3, 0.4) is 0 Å². The van der Waals surface area contributed by atoms with E-state index < -0.39 is 6.10 Å². The number of hydrogen-bond acceptors (Lipinski definition) is 4. The van der Waals surface area contributed by atoms with Gasteiger partial charge in [0.25, 0.3) is 0 Å². The van der Waals surface area contributed by atoms with Gasteiger partial charge in [-0.1, -0.05) is 0 Å². The van der Waals surface area contributed by atoms with Gasteiger partial charge in [-0.25, -0.2) is 0 Å². The first kappa shape index (κ1) is 15.2. The SMILES string of the molecule is CC(=O)c1c(C)cn(CC(O)CN2CCNCC2)c1C. The van der Waals surface area contributed by atoms with Gasteiger partial charge in [0.2, 0.25) is 0 Å². The van der Waals surface area contributed by atoms with Gasteiger partial charge in [0.1, 0.15) is 0 Å². The molecule has 1 unspecified atom stereocenters. The number of carbonyl (C=O) groups is 1. The summed E-state index contributed by atoms with van der Waals surface area (Å²) in [5.41, 5.74) is 2.73. The second-order valence-electron chi connectivity index (χ2n) is 5.69. The molecule has 0 amide bonds. The van der Waals surface area contributed by atoms with Gasteiger partial charge in [0.05, 0.1) is 6.10 Å². The summed E-state index contributed by atoms with van der Waals surface area (Å²) >= 11 is 0. The number of β-amino-alcohol motifs (C(OH)–C–C–N with tert-alkyl or cyclic N) is 1. The minimum absolute atomic E-state index is 0.0929. The molecule has 112 valence electrons. The average Bonchev–Trinajstić information content (AvgIpc) is 2.65.